The fourth-order valence-electron chi connectivity index (χ4n) is 1.97. The molecule has 0 aliphatic carbocycles. The molecule has 5 heteroatoms. The average molecular weight is 254 g/mol. The van der Waals surface area contributed by atoms with Crippen LogP contribution in [-0.4, -0.2) is 40.8 Å². The van der Waals surface area contributed by atoms with Crippen molar-refractivity contribution in [3.05, 3.63) is 17.7 Å². The lowest BCUT2D eigenvalue weighted by molar-refractivity contribution is -0.0400. The third kappa shape index (κ3) is 2.68. The number of benzene rings is 1. The smallest absolute Gasteiger partial charge is 0.203 e. The van der Waals surface area contributed by atoms with E-state index in [9.17, 15) is 0 Å². The molecule has 0 unspecified atom stereocenters. The second-order valence-corrected chi connectivity index (χ2v) is 3.91. The zero-order valence-electron chi connectivity index (χ0n) is 10.9. The number of hydrogen-bond acceptors (Lipinski definition) is 5. The zero-order chi connectivity index (χ0) is 13.0. The second kappa shape index (κ2) is 5.93. The van der Waals surface area contributed by atoms with Gasteiger partial charge in [0.2, 0.25) is 5.75 Å². The average Bonchev–Trinajstić information content (AvgIpc) is 2.90. The van der Waals surface area contributed by atoms with E-state index >= 15 is 0 Å². The van der Waals surface area contributed by atoms with E-state index in [1.165, 1.54) is 0 Å². The second-order valence-electron chi connectivity index (χ2n) is 3.91. The molecule has 1 saturated heterocycles. The first-order valence-electron chi connectivity index (χ1n) is 5.80. The first kappa shape index (κ1) is 13.0. The highest BCUT2D eigenvalue weighted by molar-refractivity contribution is 5.53. The van der Waals surface area contributed by atoms with Crippen molar-refractivity contribution < 1.29 is 23.7 Å². The maximum atomic E-state index is 5.43. The van der Waals surface area contributed by atoms with Gasteiger partial charge in [0.05, 0.1) is 34.5 Å². The summed E-state index contributed by atoms with van der Waals surface area (Å²) in [5, 5.41) is 0. The summed E-state index contributed by atoms with van der Waals surface area (Å²) in [5.41, 5.74) is 1.02. The van der Waals surface area contributed by atoms with Gasteiger partial charge in [-0.05, 0) is 17.7 Å². The van der Waals surface area contributed by atoms with Crippen LogP contribution in [0, 0.1) is 0 Å². The molecule has 1 aliphatic heterocycles. The Morgan fingerprint density at radius 2 is 1.56 bits per heavy atom. The predicted octanol–water partition coefficient (Wildman–Crippen LogP) is 1.63. The highest BCUT2D eigenvalue weighted by atomic mass is 16.7. The van der Waals surface area contributed by atoms with Crippen LogP contribution in [0.15, 0.2) is 12.1 Å². The molecule has 0 aromatic heterocycles. The monoisotopic (exact) mass is 254 g/mol. The highest BCUT2D eigenvalue weighted by Gasteiger charge is 2.19. The summed E-state index contributed by atoms with van der Waals surface area (Å²) in [5.74, 6) is 1.88. The van der Waals surface area contributed by atoms with Crippen molar-refractivity contribution in [2.24, 2.45) is 0 Å². The molecule has 0 bridgehead atoms. The molecular formula is C13H18O5. The molecule has 18 heavy (non-hydrogen) atoms. The maximum absolute atomic E-state index is 5.43. The van der Waals surface area contributed by atoms with Crippen molar-refractivity contribution >= 4 is 0 Å². The van der Waals surface area contributed by atoms with Crippen LogP contribution in [0.4, 0.5) is 0 Å². The summed E-state index contributed by atoms with van der Waals surface area (Å²) in [6, 6.07) is 3.82. The summed E-state index contributed by atoms with van der Waals surface area (Å²) < 4.78 is 26.7. The van der Waals surface area contributed by atoms with Crippen LogP contribution >= 0.6 is 0 Å². The molecule has 1 aromatic rings. The van der Waals surface area contributed by atoms with Gasteiger partial charge in [0.25, 0.3) is 0 Å². The van der Waals surface area contributed by atoms with Crippen LogP contribution in [0.1, 0.15) is 5.56 Å². The van der Waals surface area contributed by atoms with Crippen molar-refractivity contribution in [1.82, 2.24) is 0 Å². The van der Waals surface area contributed by atoms with Gasteiger partial charge in [0.1, 0.15) is 0 Å². The quantitative estimate of drug-likeness (QED) is 0.799. The molecule has 0 spiro atoms. The minimum absolute atomic E-state index is 0.187. The van der Waals surface area contributed by atoms with Gasteiger partial charge in [-0.3, -0.25) is 0 Å². The van der Waals surface area contributed by atoms with Crippen LogP contribution in [0.25, 0.3) is 0 Å². The minimum Gasteiger partial charge on any atom is -0.493 e. The number of ether oxygens (including phenoxy) is 5. The van der Waals surface area contributed by atoms with Gasteiger partial charge >= 0.3 is 0 Å². The zero-order valence-corrected chi connectivity index (χ0v) is 10.9. The van der Waals surface area contributed by atoms with Crippen LogP contribution in [0.5, 0.6) is 17.2 Å². The number of methoxy groups -OCH3 is 3. The van der Waals surface area contributed by atoms with Crippen LogP contribution in [0.2, 0.25) is 0 Å². The first-order valence-corrected chi connectivity index (χ1v) is 5.80. The van der Waals surface area contributed by atoms with Gasteiger partial charge in [-0.15, -0.1) is 0 Å². The third-order valence-electron chi connectivity index (χ3n) is 2.82. The lowest BCUT2D eigenvalue weighted by atomic mass is 10.1. The molecule has 1 aliphatic rings. The minimum atomic E-state index is -0.187. The predicted molar refractivity (Wildman–Crippen MR) is 65.5 cm³/mol. The Hall–Kier alpha value is -1.46. The number of rotatable bonds is 5. The molecule has 2 rings (SSSR count). The van der Waals surface area contributed by atoms with Crippen molar-refractivity contribution in [3.63, 3.8) is 0 Å². The van der Waals surface area contributed by atoms with E-state index in [-0.39, 0.29) is 6.29 Å². The molecular weight excluding hydrogens is 236 g/mol. The van der Waals surface area contributed by atoms with E-state index in [0.29, 0.717) is 36.9 Å². The lowest BCUT2D eigenvalue weighted by Crippen LogP contribution is -2.11. The fourth-order valence-corrected chi connectivity index (χ4v) is 1.97. The number of hydrogen-bond donors (Lipinski definition) is 0. The normalized spacial score (nSPS) is 15.7. The Labute approximate surface area is 107 Å². The lowest BCUT2D eigenvalue weighted by Gasteiger charge is -2.15. The van der Waals surface area contributed by atoms with Crippen molar-refractivity contribution in [2.75, 3.05) is 34.5 Å². The summed E-state index contributed by atoms with van der Waals surface area (Å²) in [4.78, 5) is 0. The molecule has 1 fully saturated rings. The third-order valence-corrected chi connectivity index (χ3v) is 2.82. The van der Waals surface area contributed by atoms with Gasteiger partial charge in [-0.25, -0.2) is 0 Å². The Morgan fingerprint density at radius 3 is 2.00 bits per heavy atom. The first-order chi connectivity index (χ1) is 8.78. The molecule has 1 aromatic carbocycles. The molecule has 0 N–H and O–H groups in total. The van der Waals surface area contributed by atoms with Gasteiger partial charge in [0, 0.05) is 6.42 Å². The van der Waals surface area contributed by atoms with E-state index in [0.717, 1.165) is 5.56 Å². The van der Waals surface area contributed by atoms with Gasteiger partial charge in [0.15, 0.2) is 17.8 Å². The fraction of sp³-hybridized carbons (Fsp3) is 0.538. The molecule has 100 valence electrons. The van der Waals surface area contributed by atoms with Crippen molar-refractivity contribution in [1.29, 1.82) is 0 Å². The van der Waals surface area contributed by atoms with Crippen LogP contribution < -0.4 is 14.2 Å². The molecule has 5 nitrogen and oxygen atoms in total. The maximum Gasteiger partial charge on any atom is 0.203 e. The van der Waals surface area contributed by atoms with Gasteiger partial charge in [-0.2, -0.15) is 0 Å². The summed E-state index contributed by atoms with van der Waals surface area (Å²) in [6.45, 7) is 1.30. The molecule has 0 atom stereocenters. The standard InChI is InChI=1S/C13H18O5/c1-14-10-6-9(8-12-17-4-5-18-12)7-11(15-2)13(10)16-3/h6-7,12H,4-5,8H2,1-3H3. The molecule has 0 saturated carbocycles. The largest absolute Gasteiger partial charge is 0.493 e. The Morgan fingerprint density at radius 1 is 1.00 bits per heavy atom. The molecule has 0 amide bonds. The van der Waals surface area contributed by atoms with E-state index in [1.54, 1.807) is 21.3 Å². The highest BCUT2D eigenvalue weighted by Crippen LogP contribution is 2.38. The topological polar surface area (TPSA) is 46.2 Å². The van der Waals surface area contributed by atoms with E-state index in [4.69, 9.17) is 23.7 Å². The van der Waals surface area contributed by atoms with Crippen molar-refractivity contribution in [2.45, 2.75) is 12.7 Å². The van der Waals surface area contributed by atoms with Crippen LogP contribution in [0.3, 0.4) is 0 Å². The summed E-state index contributed by atoms with van der Waals surface area (Å²) in [7, 11) is 4.79. The van der Waals surface area contributed by atoms with E-state index in [2.05, 4.69) is 0 Å². The Kier molecular flexibility index (Phi) is 4.28. The Bertz CT molecular complexity index is 373. The van der Waals surface area contributed by atoms with Gasteiger partial charge < -0.3 is 23.7 Å². The molecule has 0 radical (unpaired) electrons. The van der Waals surface area contributed by atoms with E-state index < -0.39 is 0 Å². The van der Waals surface area contributed by atoms with Gasteiger partial charge in [-0.1, -0.05) is 0 Å². The summed E-state index contributed by atoms with van der Waals surface area (Å²) in [6.07, 6.45) is 0.476. The van der Waals surface area contributed by atoms with E-state index in [1.807, 2.05) is 12.1 Å². The van der Waals surface area contributed by atoms with Crippen molar-refractivity contribution in [3.8, 4) is 17.2 Å². The SMILES string of the molecule is COc1cc(CC2OCCO2)cc(OC)c1OC. The molecule has 1 heterocycles. The Balaban J connectivity index is 2.24. The van der Waals surface area contributed by atoms with Crippen LogP contribution in [-0.2, 0) is 15.9 Å². The summed E-state index contributed by atoms with van der Waals surface area (Å²) >= 11 is 0.